The van der Waals surface area contributed by atoms with E-state index in [9.17, 15) is 15.4 Å². The average Bonchev–Trinajstić information content (AvgIpc) is 3.26. The topological polar surface area (TPSA) is 111 Å². The number of nitriles is 1. The molecular weight excluding hydrogens is 394 g/mol. The van der Waals surface area contributed by atoms with Crippen molar-refractivity contribution in [2.75, 3.05) is 0 Å². The maximum atomic E-state index is 11.3. The molecule has 8 nitrogen and oxygen atoms in total. The van der Waals surface area contributed by atoms with E-state index < -0.39 is 4.92 Å². The van der Waals surface area contributed by atoms with Gasteiger partial charge in [-0.05, 0) is 37.1 Å². The van der Waals surface area contributed by atoms with Gasteiger partial charge in [-0.15, -0.1) is 10.2 Å². The molecule has 3 aromatic rings. The first kappa shape index (κ1) is 18.9. The summed E-state index contributed by atoms with van der Waals surface area (Å²) in [6.07, 6.45) is 5.62. The van der Waals surface area contributed by atoms with E-state index in [-0.39, 0.29) is 10.7 Å². The maximum absolute atomic E-state index is 11.3. The van der Waals surface area contributed by atoms with Crippen LogP contribution in [0.25, 0.3) is 23.0 Å². The third kappa shape index (κ3) is 3.77. The van der Waals surface area contributed by atoms with Crippen LogP contribution in [-0.4, -0.2) is 19.7 Å². The highest BCUT2D eigenvalue weighted by molar-refractivity contribution is 6.30. The van der Waals surface area contributed by atoms with Crippen LogP contribution in [-0.2, 0) is 13.0 Å². The Bertz CT molecular complexity index is 1160. The summed E-state index contributed by atoms with van der Waals surface area (Å²) in [5.74, 6) is 2.11. The summed E-state index contributed by atoms with van der Waals surface area (Å²) in [6.45, 7) is 0.775. The van der Waals surface area contributed by atoms with Gasteiger partial charge < -0.3 is 8.98 Å². The molecule has 146 valence electrons. The molecule has 0 atom stereocenters. The molecule has 0 unspecified atom stereocenters. The van der Waals surface area contributed by atoms with Crippen molar-refractivity contribution in [2.45, 2.75) is 32.2 Å². The highest BCUT2D eigenvalue weighted by Gasteiger charge is 2.20. The Kier molecular flexibility index (Phi) is 5.14. The number of halogens is 1. The fourth-order valence-corrected chi connectivity index (χ4v) is 3.58. The lowest BCUT2D eigenvalue weighted by Crippen LogP contribution is -2.05. The number of furan rings is 1. The number of aryl methyl sites for hydroxylation is 1. The smallest absolute Gasteiger partial charge is 0.281 e. The summed E-state index contributed by atoms with van der Waals surface area (Å²) in [7, 11) is 0. The Balaban J connectivity index is 1.70. The number of nitro groups is 1. The van der Waals surface area contributed by atoms with Gasteiger partial charge in [0.1, 0.15) is 29.0 Å². The van der Waals surface area contributed by atoms with Crippen LogP contribution in [0.5, 0.6) is 0 Å². The summed E-state index contributed by atoms with van der Waals surface area (Å²) in [5, 5.41) is 29.7. The van der Waals surface area contributed by atoms with Crippen LogP contribution in [0.3, 0.4) is 0 Å². The van der Waals surface area contributed by atoms with Crippen molar-refractivity contribution in [2.24, 2.45) is 0 Å². The number of benzene rings is 1. The lowest BCUT2D eigenvalue weighted by molar-refractivity contribution is -0.384. The molecule has 0 spiro atoms. The fraction of sp³-hybridized carbons (Fsp3) is 0.250. The predicted octanol–water partition coefficient (Wildman–Crippen LogP) is 4.89. The summed E-state index contributed by atoms with van der Waals surface area (Å²) >= 11 is 5.87. The molecule has 0 bridgehead atoms. The van der Waals surface area contributed by atoms with Crippen LogP contribution >= 0.6 is 11.6 Å². The molecule has 0 radical (unpaired) electrons. The molecule has 1 aliphatic rings. The van der Waals surface area contributed by atoms with Gasteiger partial charge in [0, 0.05) is 30.1 Å². The van der Waals surface area contributed by atoms with Crippen LogP contribution in [0.4, 0.5) is 5.69 Å². The molecule has 3 heterocycles. The minimum Gasteiger partial charge on any atom is -0.456 e. The molecule has 0 fully saturated rings. The second kappa shape index (κ2) is 7.89. The number of aromatic nitrogens is 3. The lowest BCUT2D eigenvalue weighted by Gasteiger charge is -2.05. The summed E-state index contributed by atoms with van der Waals surface area (Å²) in [4.78, 5) is 10.8. The van der Waals surface area contributed by atoms with E-state index in [0.29, 0.717) is 28.5 Å². The van der Waals surface area contributed by atoms with Gasteiger partial charge in [-0.3, -0.25) is 10.1 Å². The molecule has 4 rings (SSSR count). The minimum atomic E-state index is -0.509. The first-order valence-electron chi connectivity index (χ1n) is 9.15. The van der Waals surface area contributed by atoms with Crippen molar-refractivity contribution in [3.8, 4) is 17.4 Å². The highest BCUT2D eigenvalue weighted by Crippen LogP contribution is 2.34. The van der Waals surface area contributed by atoms with E-state index in [1.54, 1.807) is 24.3 Å². The molecule has 9 heteroatoms. The Labute approximate surface area is 171 Å². The number of hydrogen-bond acceptors (Lipinski definition) is 6. The van der Waals surface area contributed by atoms with E-state index in [1.807, 2.05) is 4.57 Å². The van der Waals surface area contributed by atoms with Crippen molar-refractivity contribution in [1.82, 2.24) is 14.8 Å². The van der Waals surface area contributed by atoms with E-state index in [4.69, 9.17) is 16.0 Å². The third-order valence-electron chi connectivity index (χ3n) is 4.81. The van der Waals surface area contributed by atoms with Gasteiger partial charge in [-0.25, -0.2) is 0 Å². The van der Waals surface area contributed by atoms with Gasteiger partial charge in [0.25, 0.3) is 5.69 Å². The number of fused-ring (bicyclic) bond motifs is 1. The van der Waals surface area contributed by atoms with Crippen LogP contribution in [0, 0.1) is 21.4 Å². The second-order valence-electron chi connectivity index (χ2n) is 6.69. The molecule has 29 heavy (non-hydrogen) atoms. The van der Waals surface area contributed by atoms with Crippen LogP contribution < -0.4 is 0 Å². The van der Waals surface area contributed by atoms with Crippen LogP contribution in [0.15, 0.2) is 34.7 Å². The number of rotatable bonds is 4. The van der Waals surface area contributed by atoms with Crippen molar-refractivity contribution >= 4 is 28.9 Å². The molecule has 0 aliphatic carbocycles. The highest BCUT2D eigenvalue weighted by atomic mass is 35.5. The van der Waals surface area contributed by atoms with Gasteiger partial charge >= 0.3 is 0 Å². The quantitative estimate of drug-likeness (QED) is 0.344. The van der Waals surface area contributed by atoms with Gasteiger partial charge in [-0.2, -0.15) is 5.26 Å². The standard InChI is InChI=1S/C20H16ClN5O3/c21-14-5-7-16(17(11-14)26(27)28)18-8-6-15(29-18)10-13(12-22)20-24-23-19-4-2-1-3-9-25(19)20/h5-8,10-11H,1-4,9H2/b13-10+. The summed E-state index contributed by atoms with van der Waals surface area (Å²) in [6, 6.07) is 9.83. The van der Waals surface area contributed by atoms with Gasteiger partial charge in [0.2, 0.25) is 0 Å². The molecule has 1 aliphatic heterocycles. The van der Waals surface area contributed by atoms with Gasteiger partial charge in [0.15, 0.2) is 5.82 Å². The predicted molar refractivity (Wildman–Crippen MR) is 107 cm³/mol. The van der Waals surface area contributed by atoms with Crippen molar-refractivity contribution < 1.29 is 9.34 Å². The van der Waals surface area contributed by atoms with Crippen LogP contribution in [0.2, 0.25) is 5.02 Å². The number of nitro benzene ring substituents is 1. The first-order valence-corrected chi connectivity index (χ1v) is 9.53. The summed E-state index contributed by atoms with van der Waals surface area (Å²) in [5.41, 5.74) is 0.497. The molecule has 1 aromatic carbocycles. The van der Waals surface area contributed by atoms with E-state index in [1.165, 1.54) is 12.1 Å². The second-order valence-corrected chi connectivity index (χ2v) is 7.13. The summed E-state index contributed by atoms with van der Waals surface area (Å²) < 4.78 is 7.75. The zero-order valence-corrected chi connectivity index (χ0v) is 16.1. The average molecular weight is 410 g/mol. The molecule has 2 aromatic heterocycles. The monoisotopic (exact) mass is 409 g/mol. The number of allylic oxidation sites excluding steroid dienone is 1. The molecule has 0 saturated carbocycles. The Morgan fingerprint density at radius 3 is 2.93 bits per heavy atom. The largest absolute Gasteiger partial charge is 0.456 e. The molecule has 0 N–H and O–H groups in total. The Morgan fingerprint density at radius 1 is 1.28 bits per heavy atom. The molecular formula is C20H16ClN5O3. The molecule has 0 saturated heterocycles. The normalized spacial score (nSPS) is 14.1. The molecule has 0 amide bonds. The van der Waals surface area contributed by atoms with Crippen molar-refractivity contribution in [3.63, 3.8) is 0 Å². The SMILES string of the molecule is N#C/C(=C\c1ccc(-c2ccc(Cl)cc2[N+](=O)[O-])o1)c1nnc2n1CCCCC2. The van der Waals surface area contributed by atoms with E-state index in [0.717, 1.165) is 38.1 Å². The van der Waals surface area contributed by atoms with E-state index >= 15 is 0 Å². The van der Waals surface area contributed by atoms with Crippen LogP contribution in [0.1, 0.15) is 36.7 Å². The third-order valence-corrected chi connectivity index (χ3v) is 5.04. The van der Waals surface area contributed by atoms with Crippen molar-refractivity contribution in [3.05, 3.63) is 62.9 Å². The van der Waals surface area contributed by atoms with Crippen molar-refractivity contribution in [1.29, 1.82) is 5.26 Å². The minimum absolute atomic E-state index is 0.148. The zero-order valence-electron chi connectivity index (χ0n) is 15.3. The van der Waals surface area contributed by atoms with Gasteiger partial charge in [0.05, 0.1) is 10.5 Å². The Hall–Kier alpha value is -3.44. The van der Waals surface area contributed by atoms with Gasteiger partial charge in [-0.1, -0.05) is 18.0 Å². The van der Waals surface area contributed by atoms with E-state index in [2.05, 4.69) is 16.3 Å². The number of nitrogens with zero attached hydrogens (tertiary/aromatic N) is 5. The Morgan fingerprint density at radius 2 is 2.14 bits per heavy atom. The number of hydrogen-bond donors (Lipinski definition) is 0. The fourth-order valence-electron chi connectivity index (χ4n) is 3.41. The first-order chi connectivity index (χ1) is 14.1. The maximum Gasteiger partial charge on any atom is 0.281 e. The lowest BCUT2D eigenvalue weighted by atomic mass is 10.1. The zero-order chi connectivity index (χ0) is 20.4.